The third kappa shape index (κ3) is 2.91. The monoisotopic (exact) mass is 256 g/mol. The molecule has 0 spiro atoms. The Bertz CT molecular complexity index is 510. The Morgan fingerprint density at radius 2 is 2.44 bits per heavy atom. The number of thiophene rings is 1. The second kappa shape index (κ2) is 5.25. The van der Waals surface area contributed by atoms with E-state index in [4.69, 9.17) is 16.3 Å². The fourth-order valence-electron chi connectivity index (χ4n) is 1.16. The molecular weight excluding hydrogens is 248 g/mol. The van der Waals surface area contributed by atoms with Gasteiger partial charge in [-0.2, -0.15) is 4.98 Å². The summed E-state index contributed by atoms with van der Waals surface area (Å²) in [6.45, 7) is 0.640. The smallest absolute Gasteiger partial charge is 0.349 e. The van der Waals surface area contributed by atoms with E-state index >= 15 is 0 Å². The van der Waals surface area contributed by atoms with E-state index < -0.39 is 0 Å². The quantitative estimate of drug-likeness (QED) is 0.842. The Hall–Kier alpha value is -1.17. The summed E-state index contributed by atoms with van der Waals surface area (Å²) in [6.07, 6.45) is 2.82. The molecule has 2 rings (SSSR count). The number of ether oxygens (including phenoxy) is 1. The Kier molecular flexibility index (Phi) is 3.71. The van der Waals surface area contributed by atoms with Crippen LogP contribution in [0.1, 0.15) is 4.88 Å². The molecule has 0 N–H and O–H groups in total. The molecule has 84 valence electrons. The zero-order valence-electron chi connectivity index (χ0n) is 8.30. The standard InChI is InChI=1S/C10H9ClN2O2S/c11-8-4-12-10(14)13(5-8)7-15-6-9-2-1-3-16-9/h1-5H,6-7H2. The minimum Gasteiger partial charge on any atom is -0.355 e. The predicted octanol–water partition coefficient (Wildman–Crippen LogP) is 2.13. The zero-order valence-corrected chi connectivity index (χ0v) is 9.87. The lowest BCUT2D eigenvalue weighted by Crippen LogP contribution is -2.22. The molecule has 0 aliphatic rings. The van der Waals surface area contributed by atoms with Crippen LogP contribution >= 0.6 is 22.9 Å². The van der Waals surface area contributed by atoms with Crippen molar-refractivity contribution in [1.82, 2.24) is 9.55 Å². The Morgan fingerprint density at radius 3 is 3.19 bits per heavy atom. The number of hydrogen-bond donors (Lipinski definition) is 0. The first-order valence-corrected chi connectivity index (χ1v) is 5.83. The lowest BCUT2D eigenvalue weighted by atomic mass is 10.5. The highest BCUT2D eigenvalue weighted by molar-refractivity contribution is 7.09. The van der Waals surface area contributed by atoms with Crippen LogP contribution in [0.3, 0.4) is 0 Å². The van der Waals surface area contributed by atoms with E-state index in [9.17, 15) is 4.79 Å². The van der Waals surface area contributed by atoms with E-state index in [-0.39, 0.29) is 12.4 Å². The highest BCUT2D eigenvalue weighted by Gasteiger charge is 1.99. The normalized spacial score (nSPS) is 10.6. The zero-order chi connectivity index (χ0) is 11.4. The van der Waals surface area contributed by atoms with Crippen LogP contribution in [0.25, 0.3) is 0 Å². The van der Waals surface area contributed by atoms with E-state index in [1.54, 1.807) is 11.3 Å². The molecule has 2 heterocycles. The largest absolute Gasteiger partial charge is 0.355 e. The second-order valence-electron chi connectivity index (χ2n) is 3.08. The van der Waals surface area contributed by atoms with Crippen LogP contribution < -0.4 is 5.69 Å². The van der Waals surface area contributed by atoms with Gasteiger partial charge in [0.15, 0.2) is 0 Å². The Balaban J connectivity index is 1.94. The summed E-state index contributed by atoms with van der Waals surface area (Å²) in [6, 6.07) is 3.93. The third-order valence-electron chi connectivity index (χ3n) is 1.88. The van der Waals surface area contributed by atoms with E-state index in [0.29, 0.717) is 11.6 Å². The van der Waals surface area contributed by atoms with E-state index in [2.05, 4.69) is 4.98 Å². The van der Waals surface area contributed by atoms with Crippen LogP contribution in [0, 0.1) is 0 Å². The number of hydrogen-bond acceptors (Lipinski definition) is 4. The summed E-state index contributed by atoms with van der Waals surface area (Å²) in [5.74, 6) is 0. The molecule has 0 saturated carbocycles. The summed E-state index contributed by atoms with van der Waals surface area (Å²) in [5.41, 5.74) is -0.365. The molecular formula is C10H9ClN2O2S. The van der Waals surface area contributed by atoms with Crippen molar-refractivity contribution in [3.63, 3.8) is 0 Å². The molecule has 4 nitrogen and oxygen atoms in total. The maximum atomic E-state index is 11.3. The summed E-state index contributed by atoms with van der Waals surface area (Å²) in [5, 5.41) is 2.39. The van der Waals surface area contributed by atoms with E-state index in [1.807, 2.05) is 17.5 Å². The van der Waals surface area contributed by atoms with Crippen molar-refractivity contribution >= 4 is 22.9 Å². The maximum absolute atomic E-state index is 11.3. The molecule has 0 unspecified atom stereocenters. The first kappa shape index (κ1) is 11.3. The van der Waals surface area contributed by atoms with Gasteiger partial charge in [-0.1, -0.05) is 17.7 Å². The number of nitrogens with zero attached hydrogens (tertiary/aromatic N) is 2. The van der Waals surface area contributed by atoms with Gasteiger partial charge in [0.2, 0.25) is 0 Å². The molecule has 0 aliphatic carbocycles. The first-order chi connectivity index (χ1) is 7.75. The van der Waals surface area contributed by atoms with Gasteiger partial charge in [0.05, 0.1) is 17.8 Å². The number of rotatable bonds is 4. The van der Waals surface area contributed by atoms with Crippen LogP contribution in [0.15, 0.2) is 34.7 Å². The molecule has 0 saturated heterocycles. The first-order valence-electron chi connectivity index (χ1n) is 4.58. The molecule has 0 fully saturated rings. The molecule has 0 aliphatic heterocycles. The average Bonchev–Trinajstić information content (AvgIpc) is 2.76. The minimum atomic E-state index is -0.365. The molecule has 0 atom stereocenters. The van der Waals surface area contributed by atoms with Crippen LogP contribution in [0.5, 0.6) is 0 Å². The van der Waals surface area contributed by atoms with E-state index in [0.717, 1.165) is 4.88 Å². The minimum absolute atomic E-state index is 0.157. The third-order valence-corrected chi connectivity index (χ3v) is 2.92. The Labute approximate surface area is 101 Å². The highest BCUT2D eigenvalue weighted by Crippen LogP contribution is 2.09. The van der Waals surface area contributed by atoms with Crippen LogP contribution in [-0.4, -0.2) is 9.55 Å². The summed E-state index contributed by atoms with van der Waals surface area (Å²) in [7, 11) is 0. The van der Waals surface area contributed by atoms with Gasteiger partial charge in [-0.3, -0.25) is 4.57 Å². The maximum Gasteiger partial charge on any atom is 0.349 e. The van der Waals surface area contributed by atoms with Gasteiger partial charge in [-0.25, -0.2) is 4.79 Å². The molecule has 16 heavy (non-hydrogen) atoms. The van der Waals surface area contributed by atoms with Crippen LogP contribution in [0.4, 0.5) is 0 Å². The van der Waals surface area contributed by atoms with Crippen molar-refractivity contribution in [3.05, 3.63) is 50.3 Å². The van der Waals surface area contributed by atoms with Crippen molar-refractivity contribution in [2.24, 2.45) is 0 Å². The molecule has 0 bridgehead atoms. The molecule has 0 amide bonds. The van der Waals surface area contributed by atoms with Crippen molar-refractivity contribution in [3.8, 4) is 0 Å². The fourth-order valence-corrected chi connectivity index (χ4v) is 1.97. The topological polar surface area (TPSA) is 44.1 Å². The van der Waals surface area contributed by atoms with Gasteiger partial charge in [-0.05, 0) is 11.4 Å². The van der Waals surface area contributed by atoms with Gasteiger partial charge in [-0.15, -0.1) is 11.3 Å². The van der Waals surface area contributed by atoms with Crippen LogP contribution in [0.2, 0.25) is 5.02 Å². The van der Waals surface area contributed by atoms with Gasteiger partial charge in [0.25, 0.3) is 0 Å². The van der Waals surface area contributed by atoms with Gasteiger partial charge < -0.3 is 4.74 Å². The highest BCUT2D eigenvalue weighted by atomic mass is 35.5. The van der Waals surface area contributed by atoms with Crippen molar-refractivity contribution in [1.29, 1.82) is 0 Å². The van der Waals surface area contributed by atoms with Gasteiger partial charge >= 0.3 is 5.69 Å². The average molecular weight is 257 g/mol. The second-order valence-corrected chi connectivity index (χ2v) is 4.55. The summed E-state index contributed by atoms with van der Waals surface area (Å²) < 4.78 is 6.70. The Morgan fingerprint density at radius 1 is 1.56 bits per heavy atom. The molecule has 0 radical (unpaired) electrons. The fraction of sp³-hybridized carbons (Fsp3) is 0.200. The molecule has 0 aromatic carbocycles. The van der Waals surface area contributed by atoms with Crippen molar-refractivity contribution in [2.75, 3.05) is 0 Å². The van der Waals surface area contributed by atoms with E-state index in [1.165, 1.54) is 17.0 Å². The lowest BCUT2D eigenvalue weighted by molar-refractivity contribution is 0.0626. The van der Waals surface area contributed by atoms with Gasteiger partial charge in [0.1, 0.15) is 6.73 Å². The molecule has 2 aromatic heterocycles. The summed E-state index contributed by atoms with van der Waals surface area (Å²) >= 11 is 7.33. The number of halogens is 1. The predicted molar refractivity (Wildman–Crippen MR) is 62.6 cm³/mol. The van der Waals surface area contributed by atoms with Gasteiger partial charge in [0, 0.05) is 11.1 Å². The van der Waals surface area contributed by atoms with Crippen molar-refractivity contribution in [2.45, 2.75) is 13.3 Å². The summed E-state index contributed by atoms with van der Waals surface area (Å²) in [4.78, 5) is 16.0. The van der Waals surface area contributed by atoms with Crippen LogP contribution in [-0.2, 0) is 18.1 Å². The number of aromatic nitrogens is 2. The van der Waals surface area contributed by atoms with Crippen molar-refractivity contribution < 1.29 is 4.74 Å². The SMILES string of the molecule is O=c1ncc(Cl)cn1COCc1cccs1. The molecule has 6 heteroatoms. The lowest BCUT2D eigenvalue weighted by Gasteiger charge is -2.05. The molecule has 2 aromatic rings.